The van der Waals surface area contributed by atoms with Gasteiger partial charge in [-0.1, -0.05) is 51.5 Å². The number of hydrogen-bond donors (Lipinski definition) is 0. The average molecular weight is 307 g/mol. The molecule has 0 aromatic heterocycles. The van der Waals surface area contributed by atoms with Gasteiger partial charge in [-0.05, 0) is 19.4 Å². The van der Waals surface area contributed by atoms with Crippen molar-refractivity contribution in [2.75, 3.05) is 6.54 Å². The smallest absolute Gasteiger partial charge is 0.312 e. The van der Waals surface area contributed by atoms with E-state index in [9.17, 15) is 9.59 Å². The summed E-state index contributed by atoms with van der Waals surface area (Å²) in [6.45, 7) is 10.1. The number of likely N-dealkylation sites (tertiary alicyclic amines) is 1. The topological polar surface area (TPSA) is 46.6 Å². The highest BCUT2D eigenvalue weighted by Gasteiger charge is 2.32. The van der Waals surface area contributed by atoms with Gasteiger partial charge >= 0.3 is 5.97 Å². The molecular formula is C18H29NO3. The highest BCUT2D eigenvalue weighted by molar-refractivity contribution is 5.84. The monoisotopic (exact) mass is 307 g/mol. The van der Waals surface area contributed by atoms with Gasteiger partial charge in [-0.2, -0.15) is 0 Å². The summed E-state index contributed by atoms with van der Waals surface area (Å²) in [7, 11) is 0. The summed E-state index contributed by atoms with van der Waals surface area (Å²) in [5.41, 5.74) is 0. The number of carbonyl (C=O) groups excluding carboxylic acids is 2. The zero-order valence-electron chi connectivity index (χ0n) is 13.8. The highest BCUT2D eigenvalue weighted by atomic mass is 16.6. The zero-order chi connectivity index (χ0) is 16.4. The number of carbonyl (C=O) groups is 2. The Labute approximate surface area is 134 Å². The molecule has 0 N–H and O–H groups in total. The van der Waals surface area contributed by atoms with E-state index in [0.717, 1.165) is 12.8 Å². The summed E-state index contributed by atoms with van der Waals surface area (Å²) >= 11 is 0. The van der Waals surface area contributed by atoms with Gasteiger partial charge < -0.3 is 4.74 Å². The lowest BCUT2D eigenvalue weighted by Gasteiger charge is -2.18. The molecule has 0 radical (unpaired) electrons. The second-order valence-corrected chi connectivity index (χ2v) is 5.86. The summed E-state index contributed by atoms with van der Waals surface area (Å²) in [4.78, 5) is 25.1. The number of amides is 1. The molecule has 1 aliphatic rings. The lowest BCUT2D eigenvalue weighted by atomic mass is 10.1. The van der Waals surface area contributed by atoms with Crippen LogP contribution in [0, 0.1) is 5.92 Å². The Morgan fingerprint density at radius 3 is 2.50 bits per heavy atom. The average Bonchev–Trinajstić information content (AvgIpc) is 2.87. The van der Waals surface area contributed by atoms with Crippen molar-refractivity contribution in [3.8, 4) is 0 Å². The van der Waals surface area contributed by atoms with Crippen molar-refractivity contribution in [2.45, 2.75) is 64.7 Å². The maximum atomic E-state index is 11.9. The van der Waals surface area contributed by atoms with E-state index in [2.05, 4.69) is 20.1 Å². The first-order valence-corrected chi connectivity index (χ1v) is 8.43. The lowest BCUT2D eigenvalue weighted by Crippen LogP contribution is -2.28. The summed E-state index contributed by atoms with van der Waals surface area (Å²) in [6.07, 6.45) is 10.8. The summed E-state index contributed by atoms with van der Waals surface area (Å²) < 4.78 is 5.18. The van der Waals surface area contributed by atoms with Crippen molar-refractivity contribution in [1.82, 2.24) is 4.90 Å². The summed E-state index contributed by atoms with van der Waals surface area (Å²) in [5, 5.41) is 0. The molecule has 0 aliphatic carbocycles. The van der Waals surface area contributed by atoms with E-state index < -0.39 is 0 Å². The van der Waals surface area contributed by atoms with Crippen molar-refractivity contribution < 1.29 is 14.3 Å². The van der Waals surface area contributed by atoms with Gasteiger partial charge in [-0.3, -0.25) is 14.5 Å². The molecule has 1 atom stereocenters. The number of ether oxygens (including phenoxy) is 1. The van der Waals surface area contributed by atoms with Crippen LogP contribution in [0.15, 0.2) is 25.1 Å². The van der Waals surface area contributed by atoms with Gasteiger partial charge in [-0.25, -0.2) is 0 Å². The van der Waals surface area contributed by atoms with Crippen LogP contribution in [-0.2, 0) is 14.3 Å². The van der Waals surface area contributed by atoms with Crippen molar-refractivity contribution >= 4 is 11.9 Å². The number of hydrogen-bond acceptors (Lipinski definition) is 3. The molecule has 1 saturated heterocycles. The van der Waals surface area contributed by atoms with E-state index in [0.29, 0.717) is 19.4 Å². The number of esters is 1. The molecule has 0 aromatic rings. The number of nitrogens with zero attached hydrogens (tertiary/aromatic N) is 1. The van der Waals surface area contributed by atoms with E-state index >= 15 is 0 Å². The van der Waals surface area contributed by atoms with Gasteiger partial charge in [0.1, 0.15) is 0 Å². The van der Waals surface area contributed by atoms with E-state index in [1.165, 1.54) is 37.0 Å². The molecular weight excluding hydrogens is 278 g/mol. The number of rotatable bonds is 11. The van der Waals surface area contributed by atoms with Crippen molar-refractivity contribution in [2.24, 2.45) is 5.92 Å². The molecule has 1 amide bonds. The quantitative estimate of drug-likeness (QED) is 0.249. The Balaban J connectivity index is 2.15. The van der Waals surface area contributed by atoms with E-state index in [1.807, 2.05) is 0 Å². The van der Waals surface area contributed by atoms with Crippen LogP contribution in [-0.4, -0.2) is 23.3 Å². The van der Waals surface area contributed by atoms with E-state index in [-0.39, 0.29) is 23.7 Å². The van der Waals surface area contributed by atoms with Gasteiger partial charge in [0.2, 0.25) is 5.91 Å². The maximum Gasteiger partial charge on any atom is 0.312 e. The van der Waals surface area contributed by atoms with Gasteiger partial charge in [-0.15, -0.1) is 6.58 Å². The Kier molecular flexibility index (Phi) is 8.56. The van der Waals surface area contributed by atoms with Gasteiger partial charge in [0.05, 0.1) is 5.92 Å². The molecule has 22 heavy (non-hydrogen) atoms. The first-order chi connectivity index (χ1) is 10.6. The van der Waals surface area contributed by atoms with Crippen LogP contribution in [0.5, 0.6) is 0 Å². The van der Waals surface area contributed by atoms with Crippen LogP contribution in [0.4, 0.5) is 0 Å². The molecule has 0 spiro atoms. The van der Waals surface area contributed by atoms with Crippen LogP contribution < -0.4 is 0 Å². The first-order valence-electron chi connectivity index (χ1n) is 8.43. The Morgan fingerprint density at radius 1 is 1.27 bits per heavy atom. The predicted molar refractivity (Wildman–Crippen MR) is 87.9 cm³/mol. The fourth-order valence-corrected chi connectivity index (χ4v) is 2.63. The minimum absolute atomic E-state index is 0.0799. The van der Waals surface area contributed by atoms with Crippen molar-refractivity contribution in [3.63, 3.8) is 0 Å². The highest BCUT2D eigenvalue weighted by Crippen LogP contribution is 2.23. The van der Waals surface area contributed by atoms with Gasteiger partial charge in [0.25, 0.3) is 0 Å². The predicted octanol–water partition coefficient (Wildman–Crippen LogP) is 4.18. The normalized spacial score (nSPS) is 17.6. The fourth-order valence-electron chi connectivity index (χ4n) is 2.63. The molecule has 1 aliphatic heterocycles. The lowest BCUT2D eigenvalue weighted by molar-refractivity contribution is -0.144. The molecule has 124 valence electrons. The van der Waals surface area contributed by atoms with Crippen molar-refractivity contribution in [3.05, 3.63) is 25.1 Å². The summed E-state index contributed by atoms with van der Waals surface area (Å²) in [5.74, 6) is -0.405. The second-order valence-electron chi connectivity index (χ2n) is 5.86. The summed E-state index contributed by atoms with van der Waals surface area (Å²) in [6, 6.07) is 0. The van der Waals surface area contributed by atoms with Gasteiger partial charge in [0, 0.05) is 13.0 Å². The SMILES string of the molecule is C=CC1CCN(C(=C)OC(=O)CCCCCCCCC)C1=O. The third-order valence-electron chi connectivity index (χ3n) is 4.05. The molecule has 1 unspecified atom stereocenters. The van der Waals surface area contributed by atoms with Crippen molar-refractivity contribution in [1.29, 1.82) is 0 Å². The molecule has 1 rings (SSSR count). The molecule has 4 nitrogen and oxygen atoms in total. The fraction of sp³-hybridized carbons (Fsp3) is 0.667. The van der Waals surface area contributed by atoms with E-state index in [4.69, 9.17) is 4.74 Å². The van der Waals surface area contributed by atoms with Crippen LogP contribution in [0.3, 0.4) is 0 Å². The zero-order valence-corrected chi connectivity index (χ0v) is 13.8. The standard InChI is InChI=1S/C18H29NO3/c1-4-6-7-8-9-10-11-12-17(20)22-15(3)19-14-13-16(5-2)18(19)21/h5,16H,2-4,6-14H2,1H3. The molecule has 1 fully saturated rings. The second kappa shape index (κ2) is 10.2. The third-order valence-corrected chi connectivity index (χ3v) is 4.05. The largest absolute Gasteiger partial charge is 0.410 e. The van der Waals surface area contributed by atoms with Crippen LogP contribution in [0.25, 0.3) is 0 Å². The molecule has 0 aromatic carbocycles. The Hall–Kier alpha value is -1.58. The third kappa shape index (κ3) is 6.04. The van der Waals surface area contributed by atoms with E-state index in [1.54, 1.807) is 6.08 Å². The maximum absolute atomic E-state index is 11.9. The molecule has 0 saturated carbocycles. The Bertz CT molecular complexity index is 403. The minimum atomic E-state index is -0.298. The van der Waals surface area contributed by atoms with Crippen LogP contribution >= 0.6 is 0 Å². The molecule has 0 bridgehead atoms. The Morgan fingerprint density at radius 2 is 1.91 bits per heavy atom. The molecule has 1 heterocycles. The minimum Gasteiger partial charge on any atom is -0.410 e. The van der Waals surface area contributed by atoms with Gasteiger partial charge in [0.15, 0.2) is 5.88 Å². The number of unbranched alkanes of at least 4 members (excludes halogenated alkanes) is 6. The molecule has 4 heteroatoms. The first kappa shape index (κ1) is 18.5. The van der Waals surface area contributed by atoms with Crippen LogP contribution in [0.1, 0.15) is 64.7 Å². The van der Waals surface area contributed by atoms with Crippen LogP contribution in [0.2, 0.25) is 0 Å².